The summed E-state index contributed by atoms with van der Waals surface area (Å²) in [7, 11) is 0. The van der Waals surface area contributed by atoms with E-state index in [1.807, 2.05) is 0 Å². The van der Waals surface area contributed by atoms with Gasteiger partial charge in [-0.05, 0) is 121 Å². The fraction of sp³-hybridized carbons (Fsp3) is 0.143. The van der Waals surface area contributed by atoms with Crippen LogP contribution in [-0.2, 0) is 16.2 Å². The van der Waals surface area contributed by atoms with Crippen molar-refractivity contribution < 1.29 is 0 Å². The number of anilines is 3. The molecule has 0 aromatic heterocycles. The first kappa shape index (κ1) is 39.6. The minimum Gasteiger partial charge on any atom is -0.309 e. The summed E-state index contributed by atoms with van der Waals surface area (Å²) in [4.78, 5) is 2.57. The predicted octanol–water partition coefficient (Wildman–Crippen LogP) is 16.9. The molecule has 1 heteroatoms. The second-order valence-corrected chi connectivity index (χ2v) is 19.1. The normalized spacial score (nSPS) is 15.1. The Balaban J connectivity index is 1.30. The fourth-order valence-electron chi connectivity index (χ4n) is 11.2. The van der Waals surface area contributed by atoms with Crippen molar-refractivity contribution in [3.05, 3.63) is 258 Å². The van der Waals surface area contributed by atoms with Crippen LogP contribution in [0.25, 0.3) is 44.5 Å². The molecule has 0 heterocycles. The van der Waals surface area contributed by atoms with E-state index in [0.29, 0.717) is 0 Å². The molecule has 0 unspecified atom stereocenters. The number of hydrogen-bond acceptors (Lipinski definition) is 1. The molecule has 0 saturated carbocycles. The van der Waals surface area contributed by atoms with E-state index in [4.69, 9.17) is 0 Å². The van der Waals surface area contributed by atoms with Crippen LogP contribution in [0, 0.1) is 0 Å². The molecule has 0 amide bonds. The van der Waals surface area contributed by atoms with Crippen LogP contribution in [0.5, 0.6) is 0 Å². The van der Waals surface area contributed by atoms with Gasteiger partial charge in [0, 0.05) is 16.8 Å². The molecule has 0 N–H and O–H groups in total. The van der Waals surface area contributed by atoms with Crippen LogP contribution in [-0.4, -0.2) is 0 Å². The van der Waals surface area contributed by atoms with E-state index in [-0.39, 0.29) is 10.8 Å². The lowest BCUT2D eigenvalue weighted by atomic mass is 9.61. The molecule has 9 aromatic rings. The zero-order valence-corrected chi connectivity index (χ0v) is 37.2. The van der Waals surface area contributed by atoms with Gasteiger partial charge in [-0.25, -0.2) is 0 Å². The van der Waals surface area contributed by atoms with Gasteiger partial charge in [0.2, 0.25) is 0 Å². The number of rotatable bonds is 8. The number of hydrogen-bond donors (Lipinski definition) is 0. The van der Waals surface area contributed by atoms with Crippen LogP contribution >= 0.6 is 0 Å². The Hall–Kier alpha value is -7.22. The molecule has 0 radical (unpaired) electrons. The summed E-state index contributed by atoms with van der Waals surface area (Å²) in [6, 6.07) is 83.7. The monoisotopic (exact) mass is 823 g/mol. The number of benzene rings is 9. The van der Waals surface area contributed by atoms with Gasteiger partial charge >= 0.3 is 0 Å². The first-order valence-corrected chi connectivity index (χ1v) is 22.9. The highest BCUT2D eigenvalue weighted by atomic mass is 15.1. The molecule has 1 nitrogen and oxygen atoms in total. The van der Waals surface area contributed by atoms with E-state index in [0.717, 1.165) is 29.9 Å². The minimum absolute atomic E-state index is 0.0302. The number of nitrogens with zero attached hydrogens (tertiary/aromatic N) is 1. The van der Waals surface area contributed by atoms with Crippen molar-refractivity contribution in [2.45, 2.75) is 56.8 Å². The van der Waals surface area contributed by atoms with E-state index in [2.05, 4.69) is 257 Å². The molecule has 0 fully saturated rings. The average Bonchev–Trinajstić information content (AvgIpc) is 3.64. The Morgan fingerprint density at radius 1 is 0.328 bits per heavy atom. The highest BCUT2D eigenvalue weighted by Gasteiger charge is 2.47. The second-order valence-electron chi connectivity index (χ2n) is 19.1. The smallest absolute Gasteiger partial charge is 0.0714 e. The molecule has 11 rings (SSSR count). The lowest BCUT2D eigenvalue weighted by Crippen LogP contribution is -2.34. The third kappa shape index (κ3) is 6.36. The van der Waals surface area contributed by atoms with Crippen molar-refractivity contribution in [1.29, 1.82) is 0 Å². The SMILES string of the molecule is CC1(C)CCC(C)(C)c2c(-c3cc4c(cc3N(c3ccc(-c5ccccc5)cc3)c3ccccc3-c3ccccc3)C(c3ccccc3)(c3ccccc3)c3ccccc3-4)cccc21. The molecule has 0 saturated heterocycles. The van der Waals surface area contributed by atoms with Crippen LogP contribution in [0.1, 0.15) is 73.9 Å². The summed E-state index contributed by atoms with van der Waals surface area (Å²) in [6.07, 6.45) is 2.28. The first-order valence-electron chi connectivity index (χ1n) is 22.9. The van der Waals surface area contributed by atoms with Gasteiger partial charge in [0.1, 0.15) is 0 Å². The molecule has 2 aliphatic rings. The Morgan fingerprint density at radius 3 is 1.48 bits per heavy atom. The Bertz CT molecular complexity index is 3090. The average molecular weight is 824 g/mol. The molecule has 0 aliphatic heterocycles. The maximum atomic E-state index is 2.58. The summed E-state index contributed by atoms with van der Waals surface area (Å²) >= 11 is 0. The van der Waals surface area contributed by atoms with Crippen molar-refractivity contribution in [2.75, 3.05) is 4.90 Å². The molecule has 2 aliphatic carbocycles. The highest BCUT2D eigenvalue weighted by Crippen LogP contribution is 2.60. The van der Waals surface area contributed by atoms with Crippen molar-refractivity contribution in [1.82, 2.24) is 0 Å². The third-order valence-electron chi connectivity index (χ3n) is 14.4. The van der Waals surface area contributed by atoms with E-state index in [1.165, 1.54) is 77.9 Å². The highest BCUT2D eigenvalue weighted by molar-refractivity contribution is 5.99. The van der Waals surface area contributed by atoms with E-state index in [1.54, 1.807) is 0 Å². The first-order chi connectivity index (χ1) is 31.3. The van der Waals surface area contributed by atoms with Crippen molar-refractivity contribution in [3.8, 4) is 44.5 Å². The quantitative estimate of drug-likeness (QED) is 0.148. The van der Waals surface area contributed by atoms with Gasteiger partial charge in [0.25, 0.3) is 0 Å². The summed E-state index contributed by atoms with van der Waals surface area (Å²) in [6.45, 7) is 9.81. The van der Waals surface area contributed by atoms with E-state index < -0.39 is 5.41 Å². The molecular formula is C63H53N. The summed E-state index contributed by atoms with van der Waals surface area (Å²) in [5.74, 6) is 0. The number of fused-ring (bicyclic) bond motifs is 4. The van der Waals surface area contributed by atoms with Gasteiger partial charge in [0.05, 0.1) is 16.8 Å². The minimum atomic E-state index is -0.569. The molecule has 9 aromatic carbocycles. The van der Waals surface area contributed by atoms with E-state index in [9.17, 15) is 0 Å². The maximum absolute atomic E-state index is 2.58. The molecule has 0 atom stereocenters. The molecule has 64 heavy (non-hydrogen) atoms. The lowest BCUT2D eigenvalue weighted by Gasteiger charge is -2.43. The molecule has 310 valence electrons. The summed E-state index contributed by atoms with van der Waals surface area (Å²) in [5.41, 5.74) is 20.8. The Kier molecular flexibility index (Phi) is 9.62. The van der Waals surface area contributed by atoms with Gasteiger partial charge in [-0.15, -0.1) is 0 Å². The van der Waals surface area contributed by atoms with Crippen molar-refractivity contribution in [3.63, 3.8) is 0 Å². The van der Waals surface area contributed by atoms with E-state index >= 15 is 0 Å². The van der Waals surface area contributed by atoms with Crippen LogP contribution in [0.2, 0.25) is 0 Å². The molecular weight excluding hydrogens is 771 g/mol. The lowest BCUT2D eigenvalue weighted by molar-refractivity contribution is 0.333. The standard InChI is InChI=1S/C63H53N/c1-61(2)40-41-62(3,4)60-52(32-21-34-56(60)61)54-42-53-51-31-17-19-33-55(51)63(47-26-13-7-14-27-47,48-28-15-8-16-29-48)57(53)43-59(54)64(49-38-36-45(37-39-49)44-22-9-5-10-23-44)58-35-20-18-30-50(58)46-24-11-6-12-25-46/h5-39,42-43H,40-41H2,1-4H3. The zero-order valence-electron chi connectivity index (χ0n) is 37.2. The topological polar surface area (TPSA) is 3.24 Å². The molecule has 0 spiro atoms. The predicted molar refractivity (Wildman–Crippen MR) is 270 cm³/mol. The van der Waals surface area contributed by atoms with Crippen molar-refractivity contribution >= 4 is 17.1 Å². The van der Waals surface area contributed by atoms with Crippen LogP contribution in [0.4, 0.5) is 17.1 Å². The van der Waals surface area contributed by atoms with Gasteiger partial charge in [0.15, 0.2) is 0 Å². The summed E-state index contributed by atoms with van der Waals surface area (Å²) < 4.78 is 0. The largest absolute Gasteiger partial charge is 0.309 e. The fourth-order valence-corrected chi connectivity index (χ4v) is 11.2. The zero-order chi connectivity index (χ0) is 43.5. The van der Waals surface area contributed by atoms with Crippen LogP contribution in [0.3, 0.4) is 0 Å². The van der Waals surface area contributed by atoms with Crippen LogP contribution in [0.15, 0.2) is 224 Å². The Morgan fingerprint density at radius 2 is 0.828 bits per heavy atom. The third-order valence-corrected chi connectivity index (χ3v) is 14.4. The Labute approximate surface area is 379 Å². The molecule has 0 bridgehead atoms. The second kappa shape index (κ2) is 15.5. The van der Waals surface area contributed by atoms with Gasteiger partial charge in [-0.1, -0.05) is 222 Å². The van der Waals surface area contributed by atoms with Crippen molar-refractivity contribution in [2.24, 2.45) is 0 Å². The summed E-state index contributed by atoms with van der Waals surface area (Å²) in [5, 5.41) is 0. The van der Waals surface area contributed by atoms with Gasteiger partial charge in [-0.2, -0.15) is 0 Å². The maximum Gasteiger partial charge on any atom is 0.0714 e. The van der Waals surface area contributed by atoms with Gasteiger partial charge in [-0.3, -0.25) is 0 Å². The van der Waals surface area contributed by atoms with Gasteiger partial charge < -0.3 is 4.90 Å². The van der Waals surface area contributed by atoms with Crippen LogP contribution < -0.4 is 4.90 Å². The number of para-hydroxylation sites is 1.